The second-order valence-electron chi connectivity index (χ2n) is 4.76. The number of ether oxygens (including phenoxy) is 1. The van der Waals surface area contributed by atoms with Crippen LogP contribution in [0.2, 0.25) is 0 Å². The van der Waals surface area contributed by atoms with Gasteiger partial charge in [-0.2, -0.15) is 17.9 Å². The van der Waals surface area contributed by atoms with Gasteiger partial charge in [-0.05, 0) is 23.6 Å². The molecule has 18 heavy (non-hydrogen) atoms. The molecule has 2 atom stereocenters. The molecule has 1 aliphatic rings. The smallest absolute Gasteiger partial charge is 0.277 e. The molecule has 100 valence electrons. The third kappa shape index (κ3) is 2.66. The number of hydrogen-bond acceptors (Lipinski definition) is 3. The second-order valence-corrected chi connectivity index (χ2v) is 6.24. The van der Waals surface area contributed by atoms with E-state index in [1.165, 1.54) is 0 Å². The van der Waals surface area contributed by atoms with Crippen LogP contribution in [0.1, 0.15) is 25.5 Å². The third-order valence-corrected chi connectivity index (χ3v) is 4.27. The maximum absolute atomic E-state index is 11.6. The highest BCUT2D eigenvalue weighted by atomic mass is 32.2. The Morgan fingerprint density at radius 1 is 1.17 bits per heavy atom. The first-order valence-corrected chi connectivity index (χ1v) is 7.35. The Morgan fingerprint density at radius 3 is 2.28 bits per heavy atom. The van der Waals surface area contributed by atoms with E-state index < -0.39 is 10.2 Å². The van der Waals surface area contributed by atoms with Gasteiger partial charge < -0.3 is 4.74 Å². The van der Waals surface area contributed by atoms with Gasteiger partial charge >= 0.3 is 0 Å². The molecule has 1 saturated heterocycles. The minimum atomic E-state index is -3.38. The molecule has 0 aliphatic carbocycles. The fourth-order valence-corrected chi connectivity index (χ4v) is 3.58. The lowest BCUT2D eigenvalue weighted by Crippen LogP contribution is -2.33. The summed E-state index contributed by atoms with van der Waals surface area (Å²) in [5.41, 5.74) is 0.933. The highest BCUT2D eigenvalue weighted by molar-refractivity contribution is 7.87. The number of nitrogens with one attached hydrogen (secondary N) is 2. The van der Waals surface area contributed by atoms with Gasteiger partial charge in [-0.1, -0.05) is 26.0 Å². The van der Waals surface area contributed by atoms with Gasteiger partial charge in [0.15, 0.2) is 0 Å². The topological polar surface area (TPSA) is 67.4 Å². The first kappa shape index (κ1) is 13.3. The van der Waals surface area contributed by atoms with Crippen LogP contribution in [0.25, 0.3) is 0 Å². The van der Waals surface area contributed by atoms with Crippen LogP contribution in [0, 0.1) is 5.92 Å². The zero-order valence-electron chi connectivity index (χ0n) is 10.7. The Kier molecular flexibility index (Phi) is 3.61. The van der Waals surface area contributed by atoms with Crippen LogP contribution < -0.4 is 14.2 Å². The van der Waals surface area contributed by atoms with Gasteiger partial charge in [-0.25, -0.2) is 0 Å². The van der Waals surface area contributed by atoms with Crippen molar-refractivity contribution < 1.29 is 13.2 Å². The molecule has 0 unspecified atom stereocenters. The molecule has 0 saturated carbocycles. The average molecular weight is 270 g/mol. The Hall–Kier alpha value is -1.11. The monoisotopic (exact) mass is 270 g/mol. The Balaban J connectivity index is 2.29. The molecule has 0 bridgehead atoms. The quantitative estimate of drug-likeness (QED) is 0.867. The standard InChI is InChI=1S/C12H18N2O3S/c1-8(2)11-12(14-18(15,16)13-11)9-4-6-10(17-3)7-5-9/h4-8,11-14H,1-3H3/t11-,12+/m0/s1. The molecule has 2 N–H and O–H groups in total. The van der Waals surface area contributed by atoms with Gasteiger partial charge in [0, 0.05) is 6.04 Å². The molecular weight excluding hydrogens is 252 g/mol. The molecule has 0 spiro atoms. The third-order valence-electron chi connectivity index (χ3n) is 3.13. The largest absolute Gasteiger partial charge is 0.497 e. The zero-order valence-corrected chi connectivity index (χ0v) is 11.5. The van der Waals surface area contributed by atoms with Crippen LogP contribution in [0.15, 0.2) is 24.3 Å². The molecule has 1 aliphatic heterocycles. The van der Waals surface area contributed by atoms with E-state index in [2.05, 4.69) is 9.44 Å². The Bertz CT molecular complexity index is 511. The van der Waals surface area contributed by atoms with E-state index in [1.54, 1.807) is 7.11 Å². The van der Waals surface area contributed by atoms with Gasteiger partial charge in [0.25, 0.3) is 10.2 Å². The van der Waals surface area contributed by atoms with Gasteiger partial charge in [0.1, 0.15) is 5.75 Å². The van der Waals surface area contributed by atoms with Crippen LogP contribution in [-0.4, -0.2) is 21.6 Å². The first-order valence-electron chi connectivity index (χ1n) is 5.86. The van der Waals surface area contributed by atoms with E-state index in [0.717, 1.165) is 11.3 Å². The summed E-state index contributed by atoms with van der Waals surface area (Å²) < 4.78 is 33.6. The van der Waals surface area contributed by atoms with E-state index in [-0.39, 0.29) is 18.0 Å². The normalized spacial score (nSPS) is 26.4. The van der Waals surface area contributed by atoms with Crippen molar-refractivity contribution in [2.24, 2.45) is 5.92 Å². The molecule has 0 radical (unpaired) electrons. The van der Waals surface area contributed by atoms with Crippen molar-refractivity contribution in [2.75, 3.05) is 7.11 Å². The SMILES string of the molecule is COc1ccc([C@H]2NS(=O)(=O)N[C@H]2C(C)C)cc1. The summed E-state index contributed by atoms with van der Waals surface area (Å²) in [6.45, 7) is 3.99. The van der Waals surface area contributed by atoms with Crippen molar-refractivity contribution in [1.82, 2.24) is 9.44 Å². The molecule has 1 fully saturated rings. The molecule has 0 aromatic heterocycles. The second kappa shape index (κ2) is 4.87. The molecule has 0 amide bonds. The summed E-state index contributed by atoms with van der Waals surface area (Å²) in [6.07, 6.45) is 0. The van der Waals surface area contributed by atoms with Crippen molar-refractivity contribution in [3.8, 4) is 5.75 Å². The first-order chi connectivity index (χ1) is 8.43. The minimum Gasteiger partial charge on any atom is -0.497 e. The van der Waals surface area contributed by atoms with Gasteiger partial charge in [-0.3, -0.25) is 0 Å². The lowest BCUT2D eigenvalue weighted by Gasteiger charge is -2.21. The van der Waals surface area contributed by atoms with Crippen molar-refractivity contribution in [2.45, 2.75) is 25.9 Å². The molecular formula is C12H18N2O3S. The fourth-order valence-electron chi connectivity index (χ4n) is 2.13. The number of methoxy groups -OCH3 is 1. The molecule has 1 aromatic rings. The lowest BCUT2D eigenvalue weighted by molar-refractivity contribution is 0.405. The predicted octanol–water partition coefficient (Wildman–Crippen LogP) is 1.20. The number of rotatable bonds is 3. The van der Waals surface area contributed by atoms with E-state index in [9.17, 15) is 8.42 Å². The minimum absolute atomic E-state index is 0.136. The van der Waals surface area contributed by atoms with Crippen LogP contribution in [0.3, 0.4) is 0 Å². The van der Waals surface area contributed by atoms with E-state index >= 15 is 0 Å². The van der Waals surface area contributed by atoms with Crippen LogP contribution in [0.4, 0.5) is 0 Å². The summed E-state index contributed by atoms with van der Waals surface area (Å²) in [6, 6.07) is 7.06. The van der Waals surface area contributed by atoms with E-state index in [1.807, 2.05) is 38.1 Å². The molecule has 1 heterocycles. The molecule has 2 rings (SSSR count). The van der Waals surface area contributed by atoms with Crippen molar-refractivity contribution in [3.05, 3.63) is 29.8 Å². The summed E-state index contributed by atoms with van der Waals surface area (Å²) >= 11 is 0. The number of hydrogen-bond donors (Lipinski definition) is 2. The average Bonchev–Trinajstić information content (AvgIpc) is 2.66. The van der Waals surface area contributed by atoms with E-state index in [4.69, 9.17) is 4.74 Å². The molecule has 6 heteroatoms. The molecule has 1 aromatic carbocycles. The summed E-state index contributed by atoms with van der Waals surface area (Å²) in [4.78, 5) is 0. The Morgan fingerprint density at radius 2 is 1.78 bits per heavy atom. The lowest BCUT2D eigenvalue weighted by atomic mass is 9.93. The summed E-state index contributed by atoms with van der Waals surface area (Å²) in [5, 5.41) is 0. The highest BCUT2D eigenvalue weighted by Crippen LogP contribution is 2.28. The predicted molar refractivity (Wildman–Crippen MR) is 69.6 cm³/mol. The maximum atomic E-state index is 11.6. The zero-order chi connectivity index (χ0) is 13.3. The molecule has 5 nitrogen and oxygen atoms in total. The van der Waals surface area contributed by atoms with Crippen molar-refractivity contribution in [1.29, 1.82) is 0 Å². The van der Waals surface area contributed by atoms with Gasteiger partial charge in [-0.15, -0.1) is 0 Å². The van der Waals surface area contributed by atoms with Crippen LogP contribution in [-0.2, 0) is 10.2 Å². The van der Waals surface area contributed by atoms with E-state index in [0.29, 0.717) is 0 Å². The Labute approximate surface area is 108 Å². The van der Waals surface area contributed by atoms with Crippen LogP contribution >= 0.6 is 0 Å². The maximum Gasteiger partial charge on any atom is 0.277 e. The van der Waals surface area contributed by atoms with Crippen molar-refractivity contribution >= 4 is 10.2 Å². The van der Waals surface area contributed by atoms with Gasteiger partial charge in [0.2, 0.25) is 0 Å². The fraction of sp³-hybridized carbons (Fsp3) is 0.500. The van der Waals surface area contributed by atoms with Crippen LogP contribution in [0.5, 0.6) is 5.75 Å². The van der Waals surface area contributed by atoms with Gasteiger partial charge in [0.05, 0.1) is 13.2 Å². The highest BCUT2D eigenvalue weighted by Gasteiger charge is 2.38. The summed E-state index contributed by atoms with van der Waals surface area (Å²) in [5.74, 6) is 0.968. The summed E-state index contributed by atoms with van der Waals surface area (Å²) in [7, 11) is -1.78. The van der Waals surface area contributed by atoms with Crippen molar-refractivity contribution in [3.63, 3.8) is 0 Å². The number of benzene rings is 1.